The van der Waals surface area contributed by atoms with Crippen LogP contribution < -0.4 is 4.90 Å². The topological polar surface area (TPSA) is 20.3 Å². The predicted octanol–water partition coefficient (Wildman–Crippen LogP) is 3.81. The monoisotopic (exact) mass is 269 g/mol. The number of hydrogen-bond acceptors (Lipinski definition) is 1. The molecule has 2 nitrogen and oxygen atoms in total. The number of nitrogens with zero attached hydrogens (tertiary/aromatic N) is 1. The van der Waals surface area contributed by atoms with Gasteiger partial charge in [0.2, 0.25) is 0 Å². The number of rotatable bonds is 1. The number of amides is 1. The van der Waals surface area contributed by atoms with Crippen molar-refractivity contribution in [3.8, 4) is 0 Å². The normalized spacial score (nSPS) is 17.7. The second kappa shape index (κ2) is 5.08. The molecule has 1 aliphatic rings. The molecule has 102 valence electrons. The van der Waals surface area contributed by atoms with E-state index in [1.807, 2.05) is 37.3 Å². The van der Waals surface area contributed by atoms with Gasteiger partial charge in [0.25, 0.3) is 5.91 Å². The van der Waals surface area contributed by atoms with E-state index in [-0.39, 0.29) is 17.8 Å². The summed E-state index contributed by atoms with van der Waals surface area (Å²) in [5, 5.41) is 0. The van der Waals surface area contributed by atoms with Crippen LogP contribution in [0.1, 0.15) is 29.3 Å². The first-order valence-electron chi connectivity index (χ1n) is 6.84. The number of hydrogen-bond donors (Lipinski definition) is 0. The highest BCUT2D eigenvalue weighted by Crippen LogP contribution is 2.32. The zero-order valence-electron chi connectivity index (χ0n) is 11.3. The van der Waals surface area contributed by atoms with E-state index in [1.54, 1.807) is 11.0 Å². The van der Waals surface area contributed by atoms with Crippen LogP contribution in [-0.4, -0.2) is 11.9 Å². The van der Waals surface area contributed by atoms with Gasteiger partial charge in [0.05, 0.1) is 0 Å². The van der Waals surface area contributed by atoms with Crippen LogP contribution in [0.25, 0.3) is 0 Å². The van der Waals surface area contributed by atoms with Gasteiger partial charge in [-0.3, -0.25) is 4.79 Å². The highest BCUT2D eigenvalue weighted by molar-refractivity contribution is 6.07. The summed E-state index contributed by atoms with van der Waals surface area (Å²) in [4.78, 5) is 14.5. The van der Waals surface area contributed by atoms with Crippen molar-refractivity contribution >= 4 is 11.6 Å². The largest absolute Gasteiger partial charge is 0.305 e. The zero-order chi connectivity index (χ0) is 14.1. The van der Waals surface area contributed by atoms with Gasteiger partial charge in [0.15, 0.2) is 0 Å². The van der Waals surface area contributed by atoms with Crippen molar-refractivity contribution < 1.29 is 9.18 Å². The van der Waals surface area contributed by atoms with Crippen LogP contribution in [0.2, 0.25) is 0 Å². The molecule has 0 saturated carbocycles. The molecule has 1 aliphatic heterocycles. The molecular formula is C17H16FNO. The van der Waals surface area contributed by atoms with Gasteiger partial charge in [0.1, 0.15) is 5.82 Å². The molecule has 1 heterocycles. The van der Waals surface area contributed by atoms with E-state index in [9.17, 15) is 9.18 Å². The number of halogens is 1. The molecule has 1 unspecified atom stereocenters. The first kappa shape index (κ1) is 12.9. The first-order chi connectivity index (χ1) is 9.66. The molecule has 1 atom stereocenters. The molecule has 20 heavy (non-hydrogen) atoms. The average molecular weight is 269 g/mol. The van der Waals surface area contributed by atoms with E-state index in [1.165, 1.54) is 12.1 Å². The number of anilines is 1. The van der Waals surface area contributed by atoms with E-state index in [0.29, 0.717) is 5.56 Å². The van der Waals surface area contributed by atoms with Crippen molar-refractivity contribution in [3.05, 3.63) is 65.5 Å². The third kappa shape index (κ3) is 2.20. The summed E-state index contributed by atoms with van der Waals surface area (Å²) in [5.74, 6) is -0.268. The minimum atomic E-state index is -0.245. The number of carbonyl (C=O) groups excluding carboxylic acids is 1. The maximum atomic E-state index is 13.3. The molecule has 0 radical (unpaired) electrons. The Morgan fingerprint density at radius 3 is 2.70 bits per heavy atom. The van der Waals surface area contributed by atoms with E-state index in [2.05, 4.69) is 0 Å². The Bertz CT molecular complexity index is 639. The number of aryl methyl sites for hydroxylation is 1. The third-order valence-corrected chi connectivity index (χ3v) is 3.81. The number of carbonyl (C=O) groups is 1. The summed E-state index contributed by atoms with van der Waals surface area (Å²) in [6, 6.07) is 14.0. The maximum absolute atomic E-state index is 13.3. The van der Waals surface area contributed by atoms with Crippen LogP contribution in [0.4, 0.5) is 10.1 Å². The third-order valence-electron chi connectivity index (χ3n) is 3.81. The highest BCUT2D eigenvalue weighted by atomic mass is 19.1. The standard InChI is InChI=1S/C17H16FNO/c1-12-7-8-14-11-15(18)9-10-16(14)19(12)17(20)13-5-3-2-4-6-13/h2-6,9-12H,7-8H2,1H3. The summed E-state index contributed by atoms with van der Waals surface area (Å²) < 4.78 is 13.3. The van der Waals surface area contributed by atoms with Crippen LogP contribution in [0.15, 0.2) is 48.5 Å². The maximum Gasteiger partial charge on any atom is 0.258 e. The van der Waals surface area contributed by atoms with Crippen LogP contribution in [-0.2, 0) is 6.42 Å². The fourth-order valence-corrected chi connectivity index (χ4v) is 2.75. The van der Waals surface area contributed by atoms with Gasteiger partial charge in [-0.2, -0.15) is 0 Å². The lowest BCUT2D eigenvalue weighted by Crippen LogP contribution is -2.42. The average Bonchev–Trinajstić information content (AvgIpc) is 2.48. The van der Waals surface area contributed by atoms with Crippen molar-refractivity contribution in [1.82, 2.24) is 0 Å². The SMILES string of the molecule is CC1CCc2cc(F)ccc2N1C(=O)c1ccccc1. The Labute approximate surface area is 117 Å². The van der Waals surface area contributed by atoms with Gasteiger partial charge in [-0.15, -0.1) is 0 Å². The van der Waals surface area contributed by atoms with Crippen molar-refractivity contribution in [2.75, 3.05) is 4.90 Å². The summed E-state index contributed by atoms with van der Waals surface area (Å²) in [5.41, 5.74) is 2.41. The van der Waals surface area contributed by atoms with E-state index in [0.717, 1.165) is 24.1 Å². The van der Waals surface area contributed by atoms with Gasteiger partial charge in [-0.1, -0.05) is 18.2 Å². The molecule has 0 N–H and O–H groups in total. The van der Waals surface area contributed by atoms with Gasteiger partial charge >= 0.3 is 0 Å². The molecule has 2 aromatic rings. The molecule has 1 amide bonds. The fourth-order valence-electron chi connectivity index (χ4n) is 2.75. The highest BCUT2D eigenvalue weighted by Gasteiger charge is 2.28. The van der Waals surface area contributed by atoms with Crippen LogP contribution in [0, 0.1) is 5.82 Å². The molecule has 0 fully saturated rings. The Morgan fingerprint density at radius 2 is 1.95 bits per heavy atom. The minimum Gasteiger partial charge on any atom is -0.305 e. The van der Waals surface area contributed by atoms with Crippen molar-refractivity contribution in [2.45, 2.75) is 25.8 Å². The Morgan fingerprint density at radius 1 is 1.20 bits per heavy atom. The van der Waals surface area contributed by atoms with E-state index >= 15 is 0 Å². The second-order valence-corrected chi connectivity index (χ2v) is 5.20. The lowest BCUT2D eigenvalue weighted by Gasteiger charge is -2.35. The van der Waals surface area contributed by atoms with Crippen LogP contribution >= 0.6 is 0 Å². The van der Waals surface area contributed by atoms with E-state index < -0.39 is 0 Å². The summed E-state index contributed by atoms with van der Waals surface area (Å²) >= 11 is 0. The molecular weight excluding hydrogens is 253 g/mol. The summed E-state index contributed by atoms with van der Waals surface area (Å²) in [6.07, 6.45) is 1.67. The van der Waals surface area contributed by atoms with Crippen LogP contribution in [0.5, 0.6) is 0 Å². The van der Waals surface area contributed by atoms with Crippen molar-refractivity contribution in [1.29, 1.82) is 0 Å². The van der Waals surface area contributed by atoms with Crippen molar-refractivity contribution in [2.24, 2.45) is 0 Å². The van der Waals surface area contributed by atoms with Crippen molar-refractivity contribution in [3.63, 3.8) is 0 Å². The molecule has 0 aromatic heterocycles. The Kier molecular flexibility index (Phi) is 3.26. The molecule has 3 rings (SSSR count). The Balaban J connectivity index is 2.03. The first-order valence-corrected chi connectivity index (χ1v) is 6.84. The van der Waals surface area contributed by atoms with E-state index in [4.69, 9.17) is 0 Å². The quantitative estimate of drug-likeness (QED) is 0.771. The zero-order valence-corrected chi connectivity index (χ0v) is 11.3. The molecule has 3 heteroatoms. The van der Waals surface area contributed by atoms with Gasteiger partial charge < -0.3 is 4.90 Å². The molecule has 0 saturated heterocycles. The second-order valence-electron chi connectivity index (χ2n) is 5.20. The Hall–Kier alpha value is -2.16. The molecule has 0 spiro atoms. The van der Waals surface area contributed by atoms with Gasteiger partial charge in [0, 0.05) is 17.3 Å². The van der Waals surface area contributed by atoms with Gasteiger partial charge in [-0.25, -0.2) is 4.39 Å². The summed E-state index contributed by atoms with van der Waals surface area (Å²) in [7, 11) is 0. The lowest BCUT2D eigenvalue weighted by atomic mass is 9.95. The minimum absolute atomic E-state index is 0.0225. The smallest absolute Gasteiger partial charge is 0.258 e. The predicted molar refractivity (Wildman–Crippen MR) is 77.4 cm³/mol. The molecule has 2 aromatic carbocycles. The molecule has 0 aliphatic carbocycles. The van der Waals surface area contributed by atoms with Gasteiger partial charge in [-0.05, 0) is 55.7 Å². The lowest BCUT2D eigenvalue weighted by molar-refractivity contribution is 0.0975. The molecule has 0 bridgehead atoms. The van der Waals surface area contributed by atoms with Crippen LogP contribution in [0.3, 0.4) is 0 Å². The fraction of sp³-hybridized carbons (Fsp3) is 0.235. The number of fused-ring (bicyclic) bond motifs is 1. The summed E-state index contributed by atoms with van der Waals surface area (Å²) in [6.45, 7) is 2.03. The number of benzene rings is 2.